The van der Waals surface area contributed by atoms with Crippen molar-refractivity contribution in [3.8, 4) is 11.8 Å². The maximum atomic E-state index is 12.3. The van der Waals surface area contributed by atoms with Gasteiger partial charge in [0.05, 0.1) is 23.1 Å². The second kappa shape index (κ2) is 8.23. The normalized spacial score (nSPS) is 16.4. The van der Waals surface area contributed by atoms with Gasteiger partial charge in [0.1, 0.15) is 41.3 Å². The number of hydrogen-bond donors (Lipinski definition) is 1. The van der Waals surface area contributed by atoms with Gasteiger partial charge in [0, 0.05) is 0 Å². The van der Waals surface area contributed by atoms with Crippen LogP contribution in [-0.4, -0.2) is 13.1 Å². The smallest absolute Gasteiger partial charge is 0.338 e. The van der Waals surface area contributed by atoms with Gasteiger partial charge < -0.3 is 24.4 Å². The molecule has 28 heavy (non-hydrogen) atoms. The number of nitriles is 1. The summed E-state index contributed by atoms with van der Waals surface area (Å²) in [6.45, 7) is 1.75. The van der Waals surface area contributed by atoms with Gasteiger partial charge in [0.2, 0.25) is 5.88 Å². The number of esters is 1. The Labute approximate surface area is 170 Å². The number of hydrogen-bond acceptors (Lipinski definition) is 7. The number of para-hydroxylation sites is 1. The fraction of sp³-hybridized carbons (Fsp3) is 0.200. The number of benzene rings is 1. The lowest BCUT2D eigenvalue weighted by molar-refractivity contribution is -0.136. The summed E-state index contributed by atoms with van der Waals surface area (Å²) < 4.78 is 22.6. The molecule has 7 nitrogen and oxygen atoms in total. The first kappa shape index (κ1) is 19.6. The molecule has 0 radical (unpaired) electrons. The maximum absolute atomic E-state index is 12.3. The fourth-order valence-electron chi connectivity index (χ4n) is 2.88. The van der Waals surface area contributed by atoms with Gasteiger partial charge in [-0.05, 0) is 47.1 Å². The Morgan fingerprint density at radius 3 is 2.75 bits per heavy atom. The third-order valence-corrected chi connectivity index (χ3v) is 4.84. The van der Waals surface area contributed by atoms with E-state index in [9.17, 15) is 10.1 Å². The minimum absolute atomic E-state index is 0.0694. The van der Waals surface area contributed by atoms with Crippen LogP contribution in [0.5, 0.6) is 5.75 Å². The summed E-state index contributed by atoms with van der Waals surface area (Å²) in [4.78, 5) is 12.3. The van der Waals surface area contributed by atoms with Gasteiger partial charge in [-0.15, -0.1) is 0 Å². The quantitative estimate of drug-likeness (QED) is 0.696. The number of rotatable bonds is 5. The molecule has 1 aliphatic heterocycles. The predicted molar refractivity (Wildman–Crippen MR) is 103 cm³/mol. The molecule has 2 N–H and O–H groups in total. The summed E-state index contributed by atoms with van der Waals surface area (Å²) in [7, 11) is 1.26. The van der Waals surface area contributed by atoms with E-state index in [1.807, 2.05) is 30.3 Å². The molecule has 2 aromatic rings. The van der Waals surface area contributed by atoms with Gasteiger partial charge in [-0.1, -0.05) is 12.1 Å². The summed E-state index contributed by atoms with van der Waals surface area (Å²) in [5, 5.41) is 9.53. The first-order valence-electron chi connectivity index (χ1n) is 8.28. The van der Waals surface area contributed by atoms with Crippen LogP contribution >= 0.6 is 15.9 Å². The molecule has 1 unspecified atom stereocenters. The summed E-state index contributed by atoms with van der Waals surface area (Å²) in [6.07, 6.45) is 0. The van der Waals surface area contributed by atoms with Crippen molar-refractivity contribution in [1.29, 1.82) is 5.26 Å². The minimum Gasteiger partial charge on any atom is -0.484 e. The second-order valence-electron chi connectivity index (χ2n) is 5.91. The average molecular weight is 445 g/mol. The highest BCUT2D eigenvalue weighted by atomic mass is 79.9. The maximum Gasteiger partial charge on any atom is 0.338 e. The Balaban J connectivity index is 1.90. The molecule has 0 amide bonds. The number of ether oxygens (including phenoxy) is 3. The van der Waals surface area contributed by atoms with E-state index in [0.717, 1.165) is 4.47 Å². The Kier molecular flexibility index (Phi) is 5.76. The third kappa shape index (κ3) is 3.75. The van der Waals surface area contributed by atoms with Gasteiger partial charge in [-0.2, -0.15) is 5.26 Å². The van der Waals surface area contributed by atoms with E-state index in [-0.39, 0.29) is 29.4 Å². The van der Waals surface area contributed by atoms with Gasteiger partial charge in [-0.3, -0.25) is 0 Å². The van der Waals surface area contributed by atoms with Crippen LogP contribution in [0.25, 0.3) is 0 Å². The topological polar surface area (TPSA) is 108 Å². The van der Waals surface area contributed by atoms with Crippen molar-refractivity contribution < 1.29 is 23.4 Å². The van der Waals surface area contributed by atoms with E-state index in [1.54, 1.807) is 19.1 Å². The van der Waals surface area contributed by atoms with Gasteiger partial charge in [-0.25, -0.2) is 4.79 Å². The molecule has 0 aliphatic carbocycles. The minimum atomic E-state index is -0.816. The van der Waals surface area contributed by atoms with Crippen molar-refractivity contribution in [3.63, 3.8) is 0 Å². The molecule has 3 rings (SSSR count). The van der Waals surface area contributed by atoms with Crippen molar-refractivity contribution in [2.75, 3.05) is 7.11 Å². The van der Waals surface area contributed by atoms with Gasteiger partial charge in [0.15, 0.2) is 0 Å². The molecule has 0 bridgehead atoms. The van der Waals surface area contributed by atoms with E-state index < -0.39 is 11.9 Å². The number of allylic oxidation sites excluding steroid dienone is 2. The summed E-state index contributed by atoms with van der Waals surface area (Å²) in [6, 6.07) is 12.8. The van der Waals surface area contributed by atoms with Crippen LogP contribution < -0.4 is 10.5 Å². The molecule has 0 spiro atoms. The first-order chi connectivity index (χ1) is 13.5. The molecular formula is C20H17BrN2O5. The molecule has 144 valence electrons. The number of carbonyl (C=O) groups excluding carboxylic acids is 1. The van der Waals surface area contributed by atoms with Crippen LogP contribution in [0.2, 0.25) is 0 Å². The van der Waals surface area contributed by atoms with Crippen molar-refractivity contribution >= 4 is 21.9 Å². The molecular weight excluding hydrogens is 428 g/mol. The fourth-order valence-corrected chi connectivity index (χ4v) is 3.28. The Morgan fingerprint density at radius 2 is 2.07 bits per heavy atom. The van der Waals surface area contributed by atoms with E-state index >= 15 is 0 Å². The van der Waals surface area contributed by atoms with Crippen LogP contribution in [0, 0.1) is 11.3 Å². The zero-order chi connectivity index (χ0) is 20.3. The largest absolute Gasteiger partial charge is 0.484 e. The summed E-state index contributed by atoms with van der Waals surface area (Å²) in [5.41, 5.74) is 6.10. The Bertz CT molecular complexity index is 1020. The molecule has 1 aliphatic rings. The van der Waals surface area contributed by atoms with Crippen molar-refractivity contribution in [3.05, 3.63) is 75.2 Å². The Morgan fingerprint density at radius 1 is 1.32 bits per heavy atom. The van der Waals surface area contributed by atoms with Crippen LogP contribution in [0.1, 0.15) is 24.4 Å². The second-order valence-corrected chi connectivity index (χ2v) is 6.76. The highest BCUT2D eigenvalue weighted by Crippen LogP contribution is 2.40. The van der Waals surface area contributed by atoms with Crippen molar-refractivity contribution in [2.24, 2.45) is 5.73 Å². The lowest BCUT2D eigenvalue weighted by atomic mass is 9.87. The lowest BCUT2D eigenvalue weighted by Crippen LogP contribution is -2.24. The zero-order valence-electron chi connectivity index (χ0n) is 15.2. The number of carbonyl (C=O) groups is 1. The van der Waals surface area contributed by atoms with Gasteiger partial charge in [0.25, 0.3) is 0 Å². The molecule has 8 heteroatoms. The third-order valence-electron chi connectivity index (χ3n) is 4.18. The summed E-state index contributed by atoms with van der Waals surface area (Å²) in [5.74, 6) is 0.312. The number of nitrogens with two attached hydrogens (primary N) is 1. The monoisotopic (exact) mass is 444 g/mol. The number of halogens is 1. The zero-order valence-corrected chi connectivity index (χ0v) is 16.8. The molecule has 1 aromatic carbocycles. The van der Waals surface area contributed by atoms with E-state index in [2.05, 4.69) is 15.9 Å². The lowest BCUT2D eigenvalue weighted by Gasteiger charge is -2.24. The molecule has 2 heterocycles. The van der Waals surface area contributed by atoms with Gasteiger partial charge >= 0.3 is 5.97 Å². The standard InChI is InChI=1S/C20H17BrN2O5/c1-11-17(20(24)25-2)18(13(9-22)19(23)27-11)16-8-7-12(28-16)10-26-15-6-4-3-5-14(15)21/h3-8,18H,10,23H2,1-2H3. The first-order valence-corrected chi connectivity index (χ1v) is 9.08. The summed E-state index contributed by atoms with van der Waals surface area (Å²) >= 11 is 3.42. The van der Waals surface area contributed by atoms with E-state index in [4.69, 9.17) is 24.4 Å². The van der Waals surface area contributed by atoms with Crippen LogP contribution in [0.15, 0.2) is 68.1 Å². The van der Waals surface area contributed by atoms with Crippen molar-refractivity contribution in [1.82, 2.24) is 0 Å². The number of methoxy groups -OCH3 is 1. The SMILES string of the molecule is COC(=O)C1=C(C)OC(N)=C(C#N)C1c1ccc(COc2ccccc2Br)o1. The highest BCUT2D eigenvalue weighted by molar-refractivity contribution is 9.10. The highest BCUT2D eigenvalue weighted by Gasteiger charge is 2.38. The van der Waals surface area contributed by atoms with Crippen LogP contribution in [0.4, 0.5) is 0 Å². The molecule has 0 fully saturated rings. The Hall–Kier alpha value is -3.18. The molecule has 0 saturated heterocycles. The van der Waals surface area contributed by atoms with Crippen LogP contribution in [-0.2, 0) is 20.9 Å². The number of furan rings is 1. The molecule has 1 atom stereocenters. The predicted octanol–water partition coefficient (Wildman–Crippen LogP) is 3.88. The average Bonchev–Trinajstić information content (AvgIpc) is 3.15. The van der Waals surface area contributed by atoms with E-state index in [0.29, 0.717) is 17.3 Å². The molecule has 1 aromatic heterocycles. The molecule has 0 saturated carbocycles. The van der Waals surface area contributed by atoms with Crippen molar-refractivity contribution in [2.45, 2.75) is 19.4 Å². The van der Waals surface area contributed by atoms with E-state index in [1.165, 1.54) is 7.11 Å². The number of nitrogens with zero attached hydrogens (tertiary/aromatic N) is 1. The van der Waals surface area contributed by atoms with Crippen LogP contribution in [0.3, 0.4) is 0 Å².